The maximum absolute atomic E-state index is 13.4. The number of carbonyl (C=O) groups is 2. The number of pyridine rings is 1. The van der Waals surface area contributed by atoms with Crippen LogP contribution in [0.4, 0.5) is 4.79 Å². The van der Waals surface area contributed by atoms with E-state index in [2.05, 4.69) is 22.9 Å². The Morgan fingerprint density at radius 2 is 1.85 bits per heavy atom. The van der Waals surface area contributed by atoms with Crippen molar-refractivity contribution in [2.75, 3.05) is 26.2 Å². The molecule has 2 N–H and O–H groups in total. The second kappa shape index (κ2) is 17.2. The number of amides is 1. The van der Waals surface area contributed by atoms with Crippen molar-refractivity contribution in [3.8, 4) is 0 Å². The quantitative estimate of drug-likeness (QED) is 0.171. The number of allylic oxidation sites excluding steroid dienone is 3. The number of carbonyl (C=O) groups excluding carboxylic acids is 2. The first-order chi connectivity index (χ1) is 22.0. The monoisotopic (exact) mass is 637 g/mol. The van der Waals surface area contributed by atoms with Gasteiger partial charge in [-0.05, 0) is 62.8 Å². The van der Waals surface area contributed by atoms with Crippen LogP contribution in [0, 0.1) is 5.92 Å². The molecule has 0 bridgehead atoms. The van der Waals surface area contributed by atoms with Gasteiger partial charge in [0.2, 0.25) is 0 Å². The van der Waals surface area contributed by atoms with E-state index in [4.69, 9.17) is 9.47 Å². The smallest absolute Gasteiger partial charge is 0.410 e. The average Bonchev–Trinajstić information content (AvgIpc) is 3.34. The summed E-state index contributed by atoms with van der Waals surface area (Å²) in [7, 11) is 0. The highest BCUT2D eigenvalue weighted by molar-refractivity contribution is 5.70. The van der Waals surface area contributed by atoms with Crippen LogP contribution in [0.2, 0.25) is 0 Å². The summed E-state index contributed by atoms with van der Waals surface area (Å²) in [5.41, 5.74) is 0.490. The number of rotatable bonds is 6. The van der Waals surface area contributed by atoms with Crippen LogP contribution in [0.5, 0.6) is 0 Å². The number of hydrogen-bond acceptors (Lipinski definition) is 8. The molecule has 254 valence electrons. The van der Waals surface area contributed by atoms with Crippen LogP contribution < -0.4 is 0 Å². The SMILES string of the molecule is C/C(=C\C=C\[C@H](C)c1cccnc1)[C@H]1OC(=O)C[C@@H](O)CC[C@](C)(O)[C@@H](OC(=O)N2CCN(C3CCCCCC3)CC2)/C=C\[C@@H]1C. The van der Waals surface area contributed by atoms with E-state index < -0.39 is 36.0 Å². The summed E-state index contributed by atoms with van der Waals surface area (Å²) in [4.78, 5) is 34.7. The fourth-order valence-corrected chi connectivity index (χ4v) is 6.75. The Kier molecular flexibility index (Phi) is 13.4. The lowest BCUT2D eigenvalue weighted by molar-refractivity contribution is -0.151. The van der Waals surface area contributed by atoms with Gasteiger partial charge in [0.25, 0.3) is 0 Å². The minimum Gasteiger partial charge on any atom is -0.457 e. The summed E-state index contributed by atoms with van der Waals surface area (Å²) in [6.07, 6.45) is 17.9. The van der Waals surface area contributed by atoms with E-state index in [1.54, 1.807) is 24.1 Å². The number of hydrogen-bond donors (Lipinski definition) is 2. The van der Waals surface area contributed by atoms with Crippen molar-refractivity contribution >= 4 is 12.1 Å². The zero-order valence-electron chi connectivity index (χ0n) is 28.2. The molecule has 9 nitrogen and oxygen atoms in total. The molecule has 1 saturated heterocycles. The highest BCUT2D eigenvalue weighted by atomic mass is 16.6. The number of aliphatic hydroxyl groups is 2. The van der Waals surface area contributed by atoms with E-state index in [1.165, 1.54) is 38.5 Å². The van der Waals surface area contributed by atoms with Crippen LogP contribution >= 0.6 is 0 Å². The molecule has 1 aromatic rings. The summed E-state index contributed by atoms with van der Waals surface area (Å²) >= 11 is 0. The van der Waals surface area contributed by atoms with Gasteiger partial charge < -0.3 is 24.6 Å². The maximum Gasteiger partial charge on any atom is 0.410 e. The van der Waals surface area contributed by atoms with Crippen LogP contribution in [0.25, 0.3) is 0 Å². The fourth-order valence-electron chi connectivity index (χ4n) is 6.75. The highest BCUT2D eigenvalue weighted by Gasteiger charge is 2.37. The summed E-state index contributed by atoms with van der Waals surface area (Å²) in [5, 5.41) is 22.1. The molecular weight excluding hydrogens is 582 g/mol. The molecule has 46 heavy (non-hydrogen) atoms. The zero-order valence-corrected chi connectivity index (χ0v) is 28.2. The molecule has 1 amide bonds. The Balaban J connectivity index is 1.45. The van der Waals surface area contributed by atoms with E-state index in [0.29, 0.717) is 19.1 Å². The fraction of sp³-hybridized carbons (Fsp3) is 0.649. The lowest BCUT2D eigenvalue weighted by Crippen LogP contribution is -2.53. The van der Waals surface area contributed by atoms with Gasteiger partial charge in [-0.2, -0.15) is 0 Å². The van der Waals surface area contributed by atoms with Gasteiger partial charge in [0, 0.05) is 56.5 Å². The molecule has 2 aliphatic heterocycles. The number of ether oxygens (including phenoxy) is 2. The van der Waals surface area contributed by atoms with Gasteiger partial charge in [0.15, 0.2) is 6.10 Å². The maximum atomic E-state index is 13.4. The van der Waals surface area contributed by atoms with Crippen molar-refractivity contribution < 1.29 is 29.3 Å². The molecule has 0 radical (unpaired) electrons. The third-order valence-electron chi connectivity index (χ3n) is 9.88. The second-order valence-corrected chi connectivity index (χ2v) is 13.8. The molecule has 2 fully saturated rings. The van der Waals surface area contributed by atoms with Crippen molar-refractivity contribution in [2.24, 2.45) is 5.92 Å². The Morgan fingerprint density at radius 3 is 2.52 bits per heavy atom. The van der Waals surface area contributed by atoms with E-state index >= 15 is 0 Å². The molecule has 3 heterocycles. The third-order valence-corrected chi connectivity index (χ3v) is 9.88. The summed E-state index contributed by atoms with van der Waals surface area (Å²) in [5.74, 6) is -0.632. The van der Waals surface area contributed by atoms with Gasteiger partial charge in [-0.15, -0.1) is 0 Å². The van der Waals surface area contributed by atoms with Crippen LogP contribution in [0.15, 0.2) is 60.5 Å². The number of aliphatic hydroxyl groups excluding tert-OH is 1. The molecule has 6 atom stereocenters. The zero-order chi connectivity index (χ0) is 33.1. The second-order valence-electron chi connectivity index (χ2n) is 13.8. The lowest BCUT2D eigenvalue weighted by atomic mass is 9.88. The minimum absolute atomic E-state index is 0.149. The van der Waals surface area contributed by atoms with Crippen molar-refractivity contribution in [3.05, 3.63) is 66.0 Å². The normalized spacial score (nSPS) is 31.3. The van der Waals surface area contributed by atoms with Gasteiger partial charge >= 0.3 is 12.1 Å². The van der Waals surface area contributed by atoms with Gasteiger partial charge in [-0.3, -0.25) is 14.7 Å². The first kappa shape index (κ1) is 35.8. The number of aromatic nitrogens is 1. The van der Waals surface area contributed by atoms with Crippen molar-refractivity contribution in [1.82, 2.24) is 14.8 Å². The first-order valence-electron chi connectivity index (χ1n) is 17.3. The predicted octanol–water partition coefficient (Wildman–Crippen LogP) is 5.93. The van der Waals surface area contributed by atoms with Gasteiger partial charge in [-0.1, -0.05) is 69.9 Å². The van der Waals surface area contributed by atoms with Crippen LogP contribution in [-0.4, -0.2) is 93.2 Å². The summed E-state index contributed by atoms with van der Waals surface area (Å²) < 4.78 is 11.9. The van der Waals surface area contributed by atoms with E-state index in [9.17, 15) is 19.8 Å². The van der Waals surface area contributed by atoms with E-state index in [-0.39, 0.29) is 31.1 Å². The Bertz CT molecular complexity index is 1200. The Labute approximate surface area is 275 Å². The number of nitrogens with zero attached hydrogens (tertiary/aromatic N) is 3. The molecule has 9 heteroatoms. The van der Waals surface area contributed by atoms with Crippen LogP contribution in [0.1, 0.15) is 97.0 Å². The topological polar surface area (TPSA) is 112 Å². The molecule has 3 aliphatic rings. The Morgan fingerprint density at radius 1 is 1.13 bits per heavy atom. The van der Waals surface area contributed by atoms with Gasteiger partial charge in [-0.25, -0.2) is 4.79 Å². The van der Waals surface area contributed by atoms with Gasteiger partial charge in [0.1, 0.15) is 11.7 Å². The molecule has 1 aliphatic carbocycles. The van der Waals surface area contributed by atoms with Crippen LogP contribution in [0.3, 0.4) is 0 Å². The third kappa shape index (κ3) is 10.5. The Hall–Kier alpha value is -3.01. The lowest BCUT2D eigenvalue weighted by Gasteiger charge is -2.40. The van der Waals surface area contributed by atoms with Crippen LogP contribution in [-0.2, 0) is 14.3 Å². The summed E-state index contributed by atoms with van der Waals surface area (Å²) in [6, 6.07) is 4.54. The molecule has 1 aromatic heterocycles. The van der Waals surface area contributed by atoms with Crippen molar-refractivity contribution in [2.45, 2.75) is 121 Å². The largest absolute Gasteiger partial charge is 0.457 e. The first-order valence-corrected chi connectivity index (χ1v) is 17.3. The molecule has 1 saturated carbocycles. The standard InChI is InChI=1S/C37H55N3O6/c1-27(30-13-10-20-38-26-30)11-9-12-28(2)35-29(3)16-17-33(37(4,44)19-18-32(41)25-34(42)46-35)45-36(43)40-23-21-39(22-24-40)31-14-7-5-6-8-15-31/h9-13,16-17,20,26-27,29,31-33,35,41,44H,5-8,14-15,18-19,21-25H2,1-4H3/b11-9+,17-16-,28-12+/t27-,29-,32-,33-,35+,37-/m0/s1. The van der Waals surface area contributed by atoms with Crippen molar-refractivity contribution in [1.29, 1.82) is 0 Å². The average molecular weight is 638 g/mol. The van der Waals surface area contributed by atoms with Crippen molar-refractivity contribution in [3.63, 3.8) is 0 Å². The molecule has 0 spiro atoms. The molecular formula is C37H55N3O6. The summed E-state index contributed by atoms with van der Waals surface area (Å²) in [6.45, 7) is 10.4. The molecule has 0 unspecified atom stereocenters. The minimum atomic E-state index is -1.44. The number of esters is 1. The van der Waals surface area contributed by atoms with E-state index in [0.717, 1.165) is 24.2 Å². The highest BCUT2D eigenvalue weighted by Crippen LogP contribution is 2.28. The molecule has 0 aromatic carbocycles. The number of piperazine rings is 1. The predicted molar refractivity (Wildman–Crippen MR) is 179 cm³/mol. The van der Waals surface area contributed by atoms with E-state index in [1.807, 2.05) is 50.4 Å². The molecule has 4 rings (SSSR count). The number of cyclic esters (lactones) is 1. The van der Waals surface area contributed by atoms with Gasteiger partial charge in [0.05, 0.1) is 12.5 Å².